The lowest BCUT2D eigenvalue weighted by Gasteiger charge is -2.22. The zero-order valence-corrected chi connectivity index (χ0v) is 25.2. The van der Waals surface area contributed by atoms with Gasteiger partial charge in [0.05, 0.1) is 0 Å². The fraction of sp³-hybridized carbons (Fsp3) is 0.581. The van der Waals surface area contributed by atoms with E-state index in [1.54, 1.807) is 24.5 Å². The maximum atomic E-state index is 11.7. The van der Waals surface area contributed by atoms with Gasteiger partial charge in [-0.05, 0) is 84.7 Å². The second kappa shape index (κ2) is 18.1. The molecule has 4 heterocycles. The van der Waals surface area contributed by atoms with Crippen LogP contribution in [-0.4, -0.2) is 82.8 Å². The number of pyridine rings is 2. The van der Waals surface area contributed by atoms with Crippen LogP contribution in [-0.2, 0) is 16.0 Å². The number of amides is 2. The number of nitrogens with zero attached hydrogens (tertiary/aromatic N) is 3. The van der Waals surface area contributed by atoms with Crippen LogP contribution in [0, 0.1) is 0 Å². The number of likely N-dealkylation sites (tertiary alicyclic amines) is 1. The maximum absolute atomic E-state index is 11.7. The van der Waals surface area contributed by atoms with Gasteiger partial charge in [0.1, 0.15) is 11.2 Å². The number of hydrogen-bond donors (Lipinski definition) is 3. The molecule has 3 N–H and O–H groups in total. The monoisotopic (exact) mass is 586 g/mol. The van der Waals surface area contributed by atoms with Crippen LogP contribution in [0.3, 0.4) is 0 Å². The zero-order chi connectivity index (χ0) is 30.3. The summed E-state index contributed by atoms with van der Waals surface area (Å²) < 4.78 is 10.4. The van der Waals surface area contributed by atoms with Crippen molar-refractivity contribution < 1.29 is 23.9 Å². The van der Waals surface area contributed by atoms with E-state index >= 15 is 0 Å². The van der Waals surface area contributed by atoms with E-state index < -0.39 is 11.2 Å². The third-order valence-corrected chi connectivity index (χ3v) is 5.72. The molecule has 0 aromatic carbocycles. The van der Waals surface area contributed by atoms with Crippen molar-refractivity contribution in [3.63, 3.8) is 0 Å². The van der Waals surface area contributed by atoms with E-state index in [2.05, 4.69) is 36.9 Å². The number of nitrogens with one attached hydrogen (secondary N) is 3. The van der Waals surface area contributed by atoms with Crippen molar-refractivity contribution in [3.05, 3.63) is 60.2 Å². The van der Waals surface area contributed by atoms with E-state index in [4.69, 9.17) is 9.47 Å². The molecule has 0 unspecified atom stereocenters. The summed E-state index contributed by atoms with van der Waals surface area (Å²) >= 11 is 0. The van der Waals surface area contributed by atoms with Gasteiger partial charge in [0, 0.05) is 68.6 Å². The third kappa shape index (κ3) is 16.6. The highest BCUT2D eigenvalue weighted by atomic mass is 16.6. The van der Waals surface area contributed by atoms with Crippen LogP contribution >= 0.6 is 0 Å². The van der Waals surface area contributed by atoms with Gasteiger partial charge < -0.3 is 25.4 Å². The van der Waals surface area contributed by atoms with Crippen LogP contribution in [0.15, 0.2) is 49.1 Å². The van der Waals surface area contributed by atoms with Crippen molar-refractivity contribution in [2.75, 3.05) is 26.2 Å². The highest BCUT2D eigenvalue weighted by molar-refractivity contribution is 5.73. The number of hydrogen-bond acceptors (Lipinski definition) is 9. The van der Waals surface area contributed by atoms with Gasteiger partial charge in [-0.2, -0.15) is 0 Å². The summed E-state index contributed by atoms with van der Waals surface area (Å²) in [6.45, 7) is 15.7. The van der Waals surface area contributed by atoms with Gasteiger partial charge in [-0.15, -0.1) is 0 Å². The van der Waals surface area contributed by atoms with Crippen molar-refractivity contribution in [1.82, 2.24) is 30.8 Å². The minimum atomic E-state index is -0.446. The second-order valence-corrected chi connectivity index (χ2v) is 12.0. The first-order chi connectivity index (χ1) is 19.3. The molecule has 0 spiro atoms. The average Bonchev–Trinajstić information content (AvgIpc) is 3.56. The molecule has 0 bridgehead atoms. The lowest BCUT2D eigenvalue weighted by Crippen LogP contribution is -2.40. The third-order valence-electron chi connectivity index (χ3n) is 5.72. The molecule has 2 fully saturated rings. The van der Waals surface area contributed by atoms with Gasteiger partial charge >= 0.3 is 12.2 Å². The van der Waals surface area contributed by atoms with Gasteiger partial charge in [-0.1, -0.05) is 13.5 Å². The Hall–Kier alpha value is -3.57. The maximum Gasteiger partial charge on any atom is 0.407 e. The smallest absolute Gasteiger partial charge is 0.407 e. The highest BCUT2D eigenvalue weighted by Crippen LogP contribution is 2.14. The number of carbonyl (C=O) groups is 3. The second-order valence-electron chi connectivity index (χ2n) is 12.0. The summed E-state index contributed by atoms with van der Waals surface area (Å²) in [4.78, 5) is 43.1. The Morgan fingerprint density at radius 2 is 1.55 bits per heavy atom. The Bertz CT molecular complexity index is 1050. The summed E-state index contributed by atoms with van der Waals surface area (Å²) in [5, 5.41) is 8.91. The van der Waals surface area contributed by atoms with Crippen molar-refractivity contribution in [2.45, 2.75) is 91.6 Å². The summed E-state index contributed by atoms with van der Waals surface area (Å²) in [6, 6.07) is 7.85. The average molecular weight is 587 g/mol. The fourth-order valence-corrected chi connectivity index (χ4v) is 4.02. The Balaban J connectivity index is 0.000000344. The lowest BCUT2D eigenvalue weighted by molar-refractivity contribution is 0.0495. The molecule has 2 aliphatic rings. The highest BCUT2D eigenvalue weighted by Gasteiger charge is 2.26. The minimum absolute atomic E-state index is 0. The lowest BCUT2D eigenvalue weighted by atomic mass is 10.2. The molecule has 234 valence electrons. The van der Waals surface area contributed by atoms with E-state index in [9.17, 15) is 14.4 Å². The number of alkyl carbamates (subject to hydrolysis) is 2. The summed E-state index contributed by atoms with van der Waals surface area (Å²) in [6.07, 6.45) is 8.88. The number of aromatic nitrogens is 2. The Morgan fingerprint density at radius 1 is 0.952 bits per heavy atom. The first-order valence-corrected chi connectivity index (χ1v) is 14.0. The van der Waals surface area contributed by atoms with Crippen LogP contribution in [0.2, 0.25) is 0 Å². The number of carbonyl (C=O) groups excluding carboxylic acids is 3. The van der Waals surface area contributed by atoms with Crippen LogP contribution in [0.5, 0.6) is 0 Å². The standard InChI is InChI=1S/C15H23N3O2.C9H18N2O2.C6H5NO.CH4/c1-15(2,3)20-14(19)17-13-6-8-18(11-13)10-12-5-4-7-16-9-12;1-9(2,3)13-8(12)11-7-4-5-10-6-7;8-5-6-2-1-3-7-4-6;/h4-5,7,9,13H,6,8,10-11H2,1-3H3,(H,17,19);7,10H,4-6H2,1-3H3,(H,11,12);1-5H;1H4/t13-;7-;;/m00../s1. The van der Waals surface area contributed by atoms with Gasteiger partial charge in [-0.25, -0.2) is 9.59 Å². The number of rotatable bonds is 5. The van der Waals surface area contributed by atoms with Gasteiger partial charge in [0.25, 0.3) is 0 Å². The molecule has 11 heteroatoms. The van der Waals surface area contributed by atoms with Crippen molar-refractivity contribution in [1.29, 1.82) is 0 Å². The predicted octanol–water partition coefficient (Wildman–Crippen LogP) is 4.58. The molecule has 2 saturated heterocycles. The quantitative estimate of drug-likeness (QED) is 0.430. The molecule has 2 amide bonds. The number of aldehydes is 1. The molecule has 11 nitrogen and oxygen atoms in total. The molecule has 0 radical (unpaired) electrons. The molecule has 0 saturated carbocycles. The Morgan fingerprint density at radius 3 is 2.00 bits per heavy atom. The molecular weight excluding hydrogens is 536 g/mol. The van der Waals surface area contributed by atoms with E-state index in [0.717, 1.165) is 51.9 Å². The van der Waals surface area contributed by atoms with Crippen LogP contribution in [0.4, 0.5) is 9.59 Å². The molecule has 4 rings (SSSR count). The molecule has 0 aliphatic carbocycles. The summed E-state index contributed by atoms with van der Waals surface area (Å²) in [5.74, 6) is 0. The van der Waals surface area contributed by atoms with E-state index in [-0.39, 0.29) is 31.7 Å². The summed E-state index contributed by atoms with van der Waals surface area (Å²) in [5.41, 5.74) is 0.965. The fourth-order valence-electron chi connectivity index (χ4n) is 4.02. The topological polar surface area (TPSA) is 135 Å². The van der Waals surface area contributed by atoms with Crippen LogP contribution < -0.4 is 16.0 Å². The van der Waals surface area contributed by atoms with Crippen LogP contribution in [0.1, 0.15) is 77.7 Å². The Kier molecular flexibility index (Phi) is 15.7. The zero-order valence-electron chi connectivity index (χ0n) is 25.2. The van der Waals surface area contributed by atoms with Crippen molar-refractivity contribution in [2.24, 2.45) is 0 Å². The molecule has 2 aromatic heterocycles. The normalized spacial score (nSPS) is 18.1. The summed E-state index contributed by atoms with van der Waals surface area (Å²) in [7, 11) is 0. The van der Waals surface area contributed by atoms with E-state index in [1.807, 2.05) is 53.8 Å². The first kappa shape index (κ1) is 36.5. The Labute approximate surface area is 251 Å². The van der Waals surface area contributed by atoms with Gasteiger partial charge in [-0.3, -0.25) is 19.7 Å². The predicted molar refractivity (Wildman–Crippen MR) is 164 cm³/mol. The molecule has 42 heavy (non-hydrogen) atoms. The van der Waals surface area contributed by atoms with Gasteiger partial charge in [0.15, 0.2) is 6.29 Å². The first-order valence-electron chi connectivity index (χ1n) is 14.0. The molecule has 2 atom stereocenters. The number of ether oxygens (including phenoxy) is 2. The van der Waals surface area contributed by atoms with Crippen LogP contribution in [0.25, 0.3) is 0 Å². The SMILES string of the molecule is C.CC(C)(C)OC(=O)N[C@H]1CCN(Cc2cccnc2)C1.CC(C)(C)OC(=O)N[C@H]1CCNC1.O=Cc1cccnc1. The van der Waals surface area contributed by atoms with Gasteiger partial charge in [0.2, 0.25) is 0 Å². The minimum Gasteiger partial charge on any atom is -0.444 e. The largest absolute Gasteiger partial charge is 0.444 e. The van der Waals surface area contributed by atoms with E-state index in [0.29, 0.717) is 5.56 Å². The van der Waals surface area contributed by atoms with Crippen molar-refractivity contribution >= 4 is 18.5 Å². The van der Waals surface area contributed by atoms with E-state index in [1.165, 1.54) is 11.8 Å². The molecule has 2 aromatic rings. The van der Waals surface area contributed by atoms with Crippen molar-refractivity contribution in [3.8, 4) is 0 Å². The molecule has 2 aliphatic heterocycles. The molecular formula is C31H50N6O5.